The molecule has 1 unspecified atom stereocenters. The van der Waals surface area contributed by atoms with Crippen molar-refractivity contribution in [1.82, 2.24) is 10.6 Å². The lowest BCUT2D eigenvalue weighted by Gasteiger charge is -2.23. The van der Waals surface area contributed by atoms with Crippen LogP contribution in [0, 0.1) is 0 Å². The molecule has 3 N–H and O–H groups in total. The highest BCUT2D eigenvalue weighted by atomic mass is 32.2. The van der Waals surface area contributed by atoms with Crippen molar-refractivity contribution in [2.24, 2.45) is 0 Å². The van der Waals surface area contributed by atoms with Crippen LogP contribution in [0.3, 0.4) is 0 Å². The Morgan fingerprint density at radius 2 is 2.06 bits per heavy atom. The predicted molar refractivity (Wildman–Crippen MR) is 67.4 cm³/mol. The third kappa shape index (κ3) is 7.06. The first-order valence-corrected chi connectivity index (χ1v) is 6.36. The van der Waals surface area contributed by atoms with Crippen LogP contribution in [0.4, 0.5) is 4.79 Å². The van der Waals surface area contributed by atoms with E-state index in [0.29, 0.717) is 6.54 Å². The molecule has 0 aromatic rings. The number of methoxy groups -OCH3 is 1. The molecule has 0 aromatic carbocycles. The Hall–Kier alpha value is -0.950. The molecule has 2 amide bonds. The number of carbonyl (C=O) groups excluding carboxylic acids is 1. The highest BCUT2D eigenvalue weighted by Crippen LogP contribution is 2.19. The lowest BCUT2D eigenvalue weighted by Crippen LogP contribution is -2.50. The highest BCUT2D eigenvalue weighted by molar-refractivity contribution is 7.99. The molecule has 0 fully saturated rings. The maximum absolute atomic E-state index is 11.4. The predicted octanol–water partition coefficient (Wildman–Crippen LogP) is 0.527. The van der Waals surface area contributed by atoms with Crippen LogP contribution in [-0.4, -0.2) is 54.4 Å². The zero-order valence-corrected chi connectivity index (χ0v) is 11.4. The summed E-state index contributed by atoms with van der Waals surface area (Å²) in [6, 6.07) is -1.53. The fraction of sp³-hybridized carbons (Fsp3) is 0.800. The summed E-state index contributed by atoms with van der Waals surface area (Å²) in [5, 5.41) is 13.8. The van der Waals surface area contributed by atoms with Gasteiger partial charge in [-0.15, -0.1) is 0 Å². The Morgan fingerprint density at radius 3 is 2.47 bits per heavy atom. The molecule has 6 nitrogen and oxygen atoms in total. The third-order valence-electron chi connectivity index (χ3n) is 2.16. The topological polar surface area (TPSA) is 87.7 Å². The zero-order valence-electron chi connectivity index (χ0n) is 10.6. The standard InChI is InChI=1S/C10H20N2O4S/c1-10(2,17-4)6-11-9(15)12-7(5-16-3)8(13)14/h7H,5-6H2,1-4H3,(H,13,14)(H2,11,12,15). The Labute approximate surface area is 105 Å². The number of urea groups is 1. The number of amides is 2. The molecule has 0 aliphatic carbocycles. The molecule has 0 spiro atoms. The Bertz CT molecular complexity index is 271. The average Bonchev–Trinajstić information content (AvgIpc) is 2.26. The van der Waals surface area contributed by atoms with Gasteiger partial charge in [-0.2, -0.15) is 11.8 Å². The molecule has 0 saturated heterocycles. The lowest BCUT2D eigenvalue weighted by molar-refractivity contribution is -0.140. The zero-order chi connectivity index (χ0) is 13.5. The number of nitrogens with one attached hydrogen (secondary N) is 2. The summed E-state index contributed by atoms with van der Waals surface area (Å²) in [6.07, 6.45) is 1.95. The summed E-state index contributed by atoms with van der Waals surface area (Å²) in [5.41, 5.74) is 0. The second kappa shape index (κ2) is 7.39. The molecule has 17 heavy (non-hydrogen) atoms. The van der Waals surface area contributed by atoms with E-state index in [1.54, 1.807) is 11.8 Å². The normalized spacial score (nSPS) is 12.9. The Morgan fingerprint density at radius 1 is 1.47 bits per heavy atom. The van der Waals surface area contributed by atoms with Gasteiger partial charge in [0.2, 0.25) is 0 Å². The van der Waals surface area contributed by atoms with Crippen molar-refractivity contribution in [3.8, 4) is 0 Å². The van der Waals surface area contributed by atoms with Gasteiger partial charge in [-0.3, -0.25) is 0 Å². The molecule has 1 atom stereocenters. The van der Waals surface area contributed by atoms with Gasteiger partial charge in [-0.1, -0.05) is 0 Å². The number of rotatable bonds is 7. The molecule has 0 aliphatic rings. The minimum absolute atomic E-state index is 0.0608. The van der Waals surface area contributed by atoms with E-state index in [9.17, 15) is 9.59 Å². The van der Waals surface area contributed by atoms with Crippen molar-refractivity contribution in [2.75, 3.05) is 26.5 Å². The van der Waals surface area contributed by atoms with E-state index in [2.05, 4.69) is 10.6 Å². The quantitative estimate of drug-likeness (QED) is 0.624. The van der Waals surface area contributed by atoms with Crippen molar-refractivity contribution < 1.29 is 19.4 Å². The maximum Gasteiger partial charge on any atom is 0.328 e. The fourth-order valence-corrected chi connectivity index (χ4v) is 1.13. The van der Waals surface area contributed by atoms with E-state index >= 15 is 0 Å². The van der Waals surface area contributed by atoms with Gasteiger partial charge in [0.15, 0.2) is 6.04 Å². The van der Waals surface area contributed by atoms with Gasteiger partial charge in [0.05, 0.1) is 6.61 Å². The molecular weight excluding hydrogens is 244 g/mol. The molecule has 0 rings (SSSR count). The SMILES string of the molecule is COCC(NC(=O)NCC(C)(C)SC)C(=O)O. The van der Waals surface area contributed by atoms with Gasteiger partial charge in [0.25, 0.3) is 0 Å². The van der Waals surface area contributed by atoms with E-state index in [1.807, 2.05) is 20.1 Å². The van der Waals surface area contributed by atoms with Crippen LogP contribution in [0.15, 0.2) is 0 Å². The van der Waals surface area contributed by atoms with E-state index in [-0.39, 0.29) is 11.4 Å². The molecule has 0 bridgehead atoms. The summed E-state index contributed by atoms with van der Waals surface area (Å²) < 4.78 is 4.62. The van der Waals surface area contributed by atoms with Crippen LogP contribution in [0.5, 0.6) is 0 Å². The largest absolute Gasteiger partial charge is 0.480 e. The van der Waals surface area contributed by atoms with Crippen LogP contribution in [0.2, 0.25) is 0 Å². The molecular formula is C10H20N2O4S. The lowest BCUT2D eigenvalue weighted by atomic mass is 10.2. The van der Waals surface area contributed by atoms with Gasteiger partial charge in [0.1, 0.15) is 0 Å². The molecule has 0 aromatic heterocycles. The molecule has 0 radical (unpaired) electrons. The third-order valence-corrected chi connectivity index (χ3v) is 3.41. The number of hydrogen-bond acceptors (Lipinski definition) is 4. The summed E-state index contributed by atoms with van der Waals surface area (Å²) in [4.78, 5) is 22.2. The van der Waals surface area contributed by atoms with Gasteiger partial charge in [-0.25, -0.2) is 9.59 Å². The van der Waals surface area contributed by atoms with Crippen LogP contribution < -0.4 is 10.6 Å². The van der Waals surface area contributed by atoms with Crippen LogP contribution in [-0.2, 0) is 9.53 Å². The number of carbonyl (C=O) groups is 2. The van der Waals surface area contributed by atoms with Crippen molar-refractivity contribution >= 4 is 23.8 Å². The molecule has 0 saturated carbocycles. The molecule has 7 heteroatoms. The van der Waals surface area contributed by atoms with Crippen LogP contribution in [0.25, 0.3) is 0 Å². The first-order valence-electron chi connectivity index (χ1n) is 5.13. The number of hydrogen-bond donors (Lipinski definition) is 3. The Balaban J connectivity index is 4.11. The van der Waals surface area contributed by atoms with Gasteiger partial charge in [0, 0.05) is 18.4 Å². The maximum atomic E-state index is 11.4. The van der Waals surface area contributed by atoms with Crippen LogP contribution in [0.1, 0.15) is 13.8 Å². The highest BCUT2D eigenvalue weighted by Gasteiger charge is 2.21. The second-order valence-electron chi connectivity index (χ2n) is 4.14. The van der Waals surface area contributed by atoms with E-state index in [4.69, 9.17) is 9.84 Å². The smallest absolute Gasteiger partial charge is 0.328 e. The second-order valence-corrected chi connectivity index (χ2v) is 5.65. The van der Waals surface area contributed by atoms with Gasteiger partial charge >= 0.3 is 12.0 Å². The number of carboxylic acid groups (broad SMARTS) is 1. The minimum Gasteiger partial charge on any atom is -0.480 e. The van der Waals surface area contributed by atoms with Crippen molar-refractivity contribution in [1.29, 1.82) is 0 Å². The molecule has 100 valence electrons. The number of ether oxygens (including phenoxy) is 1. The van der Waals surface area contributed by atoms with Crippen LogP contribution >= 0.6 is 11.8 Å². The first kappa shape index (κ1) is 16.1. The monoisotopic (exact) mass is 264 g/mol. The summed E-state index contributed by atoms with van der Waals surface area (Å²) in [7, 11) is 1.38. The van der Waals surface area contributed by atoms with E-state index in [1.165, 1.54) is 7.11 Å². The summed E-state index contributed by atoms with van der Waals surface area (Å²) in [5.74, 6) is -1.12. The fourth-order valence-electron chi connectivity index (χ4n) is 0.916. The van der Waals surface area contributed by atoms with Crippen molar-refractivity contribution in [3.63, 3.8) is 0 Å². The number of carboxylic acids is 1. The molecule has 0 aliphatic heterocycles. The van der Waals surface area contributed by atoms with E-state index < -0.39 is 18.0 Å². The summed E-state index contributed by atoms with van der Waals surface area (Å²) in [6.45, 7) is 4.37. The molecule has 0 heterocycles. The average molecular weight is 264 g/mol. The summed E-state index contributed by atoms with van der Waals surface area (Å²) >= 11 is 1.62. The minimum atomic E-state index is -1.12. The number of thioether (sulfide) groups is 1. The number of aliphatic carboxylic acids is 1. The first-order chi connectivity index (χ1) is 7.82. The van der Waals surface area contributed by atoms with Crippen molar-refractivity contribution in [2.45, 2.75) is 24.6 Å². The van der Waals surface area contributed by atoms with Crippen molar-refractivity contribution in [3.05, 3.63) is 0 Å². The van der Waals surface area contributed by atoms with E-state index in [0.717, 1.165) is 0 Å². The van der Waals surface area contributed by atoms with Gasteiger partial charge in [-0.05, 0) is 20.1 Å². The Kier molecular flexibility index (Phi) is 6.98. The van der Waals surface area contributed by atoms with Gasteiger partial charge < -0.3 is 20.5 Å².